The molecule has 3 aliphatic rings. The van der Waals surface area contributed by atoms with E-state index in [2.05, 4.69) is 27.0 Å². The molecule has 1 unspecified atom stereocenters. The Morgan fingerprint density at radius 2 is 2.04 bits per heavy atom. The fourth-order valence-corrected chi connectivity index (χ4v) is 3.97. The first-order valence-corrected chi connectivity index (χ1v) is 9.38. The molecule has 0 bridgehead atoms. The Labute approximate surface area is 158 Å². The zero-order valence-electron chi connectivity index (χ0n) is 14.4. The first-order chi connectivity index (χ1) is 12.6. The number of halogens is 1. The molecule has 2 fully saturated rings. The van der Waals surface area contributed by atoms with Crippen LogP contribution in [0.4, 0.5) is 0 Å². The van der Waals surface area contributed by atoms with E-state index in [9.17, 15) is 10.2 Å². The van der Waals surface area contributed by atoms with E-state index < -0.39 is 6.29 Å². The average molecular weight is 372 g/mol. The fourth-order valence-electron chi connectivity index (χ4n) is 3.79. The highest BCUT2D eigenvalue weighted by Gasteiger charge is 2.39. The van der Waals surface area contributed by atoms with E-state index in [1.54, 1.807) is 0 Å². The first kappa shape index (κ1) is 17.6. The van der Waals surface area contributed by atoms with E-state index in [-0.39, 0.29) is 12.0 Å². The second-order valence-electron chi connectivity index (χ2n) is 7.17. The van der Waals surface area contributed by atoms with Crippen molar-refractivity contribution in [2.75, 3.05) is 13.1 Å². The van der Waals surface area contributed by atoms with Crippen LogP contribution in [0.5, 0.6) is 0 Å². The maximum absolute atomic E-state index is 9.23. The highest BCUT2D eigenvalue weighted by molar-refractivity contribution is 6.31. The van der Waals surface area contributed by atoms with Crippen molar-refractivity contribution in [1.82, 2.24) is 10.2 Å². The van der Waals surface area contributed by atoms with Crippen molar-refractivity contribution in [2.24, 2.45) is 10.9 Å². The van der Waals surface area contributed by atoms with Gasteiger partial charge in [-0.1, -0.05) is 29.7 Å². The summed E-state index contributed by atoms with van der Waals surface area (Å²) in [5, 5.41) is 22.5. The van der Waals surface area contributed by atoms with Gasteiger partial charge in [0.25, 0.3) is 0 Å². The average Bonchev–Trinajstić information content (AvgIpc) is 2.59. The second kappa shape index (κ2) is 7.42. The first-order valence-electron chi connectivity index (χ1n) is 9.00. The van der Waals surface area contributed by atoms with Crippen LogP contribution in [-0.4, -0.2) is 52.4 Å². The Morgan fingerprint density at radius 1 is 1.23 bits per heavy atom. The van der Waals surface area contributed by atoms with Crippen LogP contribution in [0.2, 0.25) is 5.02 Å². The van der Waals surface area contributed by atoms with Crippen molar-refractivity contribution in [1.29, 1.82) is 0 Å². The van der Waals surface area contributed by atoms with Crippen LogP contribution < -0.4 is 5.32 Å². The minimum Gasteiger partial charge on any atom is -0.368 e. The summed E-state index contributed by atoms with van der Waals surface area (Å²) < 4.78 is 0. The van der Waals surface area contributed by atoms with E-state index in [0.29, 0.717) is 16.9 Å². The summed E-state index contributed by atoms with van der Waals surface area (Å²) in [5.74, 6) is 6.86. The van der Waals surface area contributed by atoms with Gasteiger partial charge >= 0.3 is 0 Å². The largest absolute Gasteiger partial charge is 0.368 e. The summed E-state index contributed by atoms with van der Waals surface area (Å²) in [7, 11) is 0. The highest BCUT2D eigenvalue weighted by Crippen LogP contribution is 2.35. The number of fused-ring (bicyclic) bond motifs is 1. The SMILES string of the molecule is OC(O)C1CC(N2CCC3NC(C#Cc4ccccc4Cl)=NC=C3C2)C1. The maximum Gasteiger partial charge on any atom is 0.179 e. The van der Waals surface area contributed by atoms with Crippen molar-refractivity contribution >= 4 is 17.4 Å². The van der Waals surface area contributed by atoms with Crippen molar-refractivity contribution in [3.05, 3.63) is 46.6 Å². The fraction of sp³-hybridized carbons (Fsp3) is 0.450. The van der Waals surface area contributed by atoms with Crippen LogP contribution in [0.25, 0.3) is 0 Å². The molecule has 1 aromatic carbocycles. The van der Waals surface area contributed by atoms with Gasteiger partial charge in [-0.2, -0.15) is 0 Å². The molecule has 0 radical (unpaired) electrons. The predicted octanol–water partition coefficient (Wildman–Crippen LogP) is 1.74. The van der Waals surface area contributed by atoms with Crippen LogP contribution >= 0.6 is 11.6 Å². The van der Waals surface area contributed by atoms with E-state index >= 15 is 0 Å². The summed E-state index contributed by atoms with van der Waals surface area (Å²) >= 11 is 6.14. The number of benzene rings is 1. The summed E-state index contributed by atoms with van der Waals surface area (Å²) in [4.78, 5) is 6.89. The van der Waals surface area contributed by atoms with Crippen LogP contribution in [0.1, 0.15) is 24.8 Å². The number of nitrogens with zero attached hydrogens (tertiary/aromatic N) is 2. The van der Waals surface area contributed by atoms with Crippen molar-refractivity contribution < 1.29 is 10.2 Å². The Hall–Kier alpha value is -1.84. The number of aliphatic imine (C=N–C) groups is 1. The van der Waals surface area contributed by atoms with Crippen LogP contribution in [0.15, 0.2) is 41.0 Å². The van der Waals surface area contributed by atoms with Gasteiger partial charge < -0.3 is 15.5 Å². The smallest absolute Gasteiger partial charge is 0.179 e. The maximum atomic E-state index is 9.23. The number of hydrogen-bond donors (Lipinski definition) is 3. The molecule has 0 amide bonds. The van der Waals surface area contributed by atoms with Crippen LogP contribution in [0, 0.1) is 17.8 Å². The number of amidine groups is 1. The number of piperidine rings is 1. The Kier molecular flexibility index (Phi) is 5.01. The van der Waals surface area contributed by atoms with Gasteiger partial charge in [-0.25, -0.2) is 4.99 Å². The number of aliphatic hydroxyl groups excluding tert-OH is 1. The second-order valence-corrected chi connectivity index (χ2v) is 7.57. The van der Waals surface area contributed by atoms with Crippen molar-refractivity contribution in [3.8, 4) is 11.8 Å². The number of rotatable bonds is 2. The monoisotopic (exact) mass is 371 g/mol. The van der Waals surface area contributed by atoms with Gasteiger partial charge in [-0.05, 0) is 42.9 Å². The van der Waals surface area contributed by atoms with Crippen LogP contribution in [0.3, 0.4) is 0 Å². The lowest BCUT2D eigenvalue weighted by molar-refractivity contribution is -0.126. The Bertz CT molecular complexity index is 803. The molecule has 136 valence electrons. The van der Waals surface area contributed by atoms with Gasteiger partial charge in [0.1, 0.15) is 0 Å². The molecule has 5 nitrogen and oxygen atoms in total. The Balaban J connectivity index is 1.40. The van der Waals surface area contributed by atoms with E-state index in [1.807, 2.05) is 30.5 Å². The molecule has 6 heteroatoms. The van der Waals surface area contributed by atoms with Crippen LogP contribution in [-0.2, 0) is 0 Å². The van der Waals surface area contributed by atoms with E-state index in [4.69, 9.17) is 11.6 Å². The van der Waals surface area contributed by atoms with Gasteiger partial charge in [0.15, 0.2) is 12.1 Å². The molecule has 1 aliphatic carbocycles. The standard InChI is InChI=1S/C20H22ClN3O2/c21-17-4-2-1-3-13(17)5-6-19-22-11-15-12-24(8-7-18(15)23-19)16-9-14(10-16)20(25)26/h1-4,11,14,16,18,20,25-26H,7-10,12H2,(H,22,23). The van der Waals surface area contributed by atoms with Gasteiger partial charge in [0.2, 0.25) is 0 Å². The van der Waals surface area contributed by atoms with Crippen molar-refractivity contribution in [2.45, 2.75) is 37.6 Å². The topological polar surface area (TPSA) is 68.1 Å². The van der Waals surface area contributed by atoms with E-state index in [1.165, 1.54) is 5.57 Å². The zero-order chi connectivity index (χ0) is 18.1. The molecule has 26 heavy (non-hydrogen) atoms. The number of hydrogen-bond acceptors (Lipinski definition) is 5. The minimum atomic E-state index is -1.18. The van der Waals surface area contributed by atoms with Gasteiger partial charge in [0.05, 0.1) is 11.1 Å². The molecule has 1 saturated heterocycles. The molecule has 0 spiro atoms. The summed E-state index contributed by atoms with van der Waals surface area (Å²) in [6.07, 6.45) is 3.48. The molecule has 1 aromatic rings. The lowest BCUT2D eigenvalue weighted by Gasteiger charge is -2.47. The third kappa shape index (κ3) is 3.65. The molecule has 2 heterocycles. The molecule has 2 aliphatic heterocycles. The molecule has 1 atom stereocenters. The highest BCUT2D eigenvalue weighted by atomic mass is 35.5. The molecule has 1 saturated carbocycles. The molecule has 4 rings (SSSR count). The lowest BCUT2D eigenvalue weighted by Crippen LogP contribution is -2.54. The number of likely N-dealkylation sites (tertiary alicyclic amines) is 1. The predicted molar refractivity (Wildman–Crippen MR) is 102 cm³/mol. The summed E-state index contributed by atoms with van der Waals surface area (Å²) in [5.41, 5.74) is 2.07. The molecule has 0 aromatic heterocycles. The van der Waals surface area contributed by atoms with Gasteiger partial charge in [-0.15, -0.1) is 0 Å². The normalized spacial score (nSPS) is 28.1. The third-order valence-electron chi connectivity index (χ3n) is 5.49. The van der Waals surface area contributed by atoms with Gasteiger partial charge in [0, 0.05) is 36.8 Å². The van der Waals surface area contributed by atoms with E-state index in [0.717, 1.165) is 37.9 Å². The molecule has 3 N–H and O–H groups in total. The number of nitrogens with one attached hydrogen (secondary N) is 1. The zero-order valence-corrected chi connectivity index (χ0v) is 15.2. The minimum absolute atomic E-state index is 0.0286. The number of aliphatic hydroxyl groups is 2. The Morgan fingerprint density at radius 3 is 2.81 bits per heavy atom. The summed E-state index contributed by atoms with van der Waals surface area (Å²) in [6.45, 7) is 1.88. The molecular formula is C20H22ClN3O2. The molecular weight excluding hydrogens is 350 g/mol. The van der Waals surface area contributed by atoms with Gasteiger partial charge in [-0.3, -0.25) is 4.90 Å². The van der Waals surface area contributed by atoms with Crippen molar-refractivity contribution in [3.63, 3.8) is 0 Å². The third-order valence-corrected chi connectivity index (χ3v) is 5.82. The lowest BCUT2D eigenvalue weighted by atomic mass is 9.78. The summed E-state index contributed by atoms with van der Waals surface area (Å²) in [6, 6.07) is 8.26. The quantitative estimate of drug-likeness (QED) is 0.547.